The van der Waals surface area contributed by atoms with Crippen molar-refractivity contribution < 1.29 is 18.0 Å². The topological polar surface area (TPSA) is 20.3 Å². The molecule has 5 heteroatoms. The molecule has 114 valence electrons. The lowest BCUT2D eigenvalue weighted by Crippen LogP contribution is -2.22. The Kier molecular flexibility index (Phi) is 3.43. The molecule has 1 aliphatic heterocycles. The number of rotatable bonds is 2. The Hall–Kier alpha value is -2.30. The van der Waals surface area contributed by atoms with Crippen molar-refractivity contribution in [3.63, 3.8) is 0 Å². The van der Waals surface area contributed by atoms with E-state index in [-0.39, 0.29) is 23.6 Å². The van der Waals surface area contributed by atoms with Crippen LogP contribution in [0.25, 0.3) is 0 Å². The lowest BCUT2D eigenvalue weighted by atomic mass is 9.98. The summed E-state index contributed by atoms with van der Waals surface area (Å²) in [4.78, 5) is 13.9. The van der Waals surface area contributed by atoms with Crippen LogP contribution in [0.3, 0.4) is 0 Å². The van der Waals surface area contributed by atoms with Gasteiger partial charge >= 0.3 is 6.18 Å². The average molecular weight is 305 g/mol. The van der Waals surface area contributed by atoms with Crippen LogP contribution in [0.4, 0.5) is 18.9 Å². The number of fused-ring (bicyclic) bond motifs is 1. The Morgan fingerprint density at radius 2 is 1.82 bits per heavy atom. The first kappa shape index (κ1) is 14.6. The summed E-state index contributed by atoms with van der Waals surface area (Å²) in [5, 5.41) is 0. The number of anilines is 1. The van der Waals surface area contributed by atoms with Crippen LogP contribution in [0.5, 0.6) is 0 Å². The van der Waals surface area contributed by atoms with Crippen LogP contribution in [0.2, 0.25) is 0 Å². The second kappa shape index (κ2) is 5.16. The molecule has 0 atom stereocenters. The number of halogens is 3. The molecule has 0 unspecified atom stereocenters. The fraction of sp³-hybridized carbons (Fsp3) is 0.235. The number of hydrogen-bond donors (Lipinski definition) is 0. The third kappa shape index (κ3) is 2.36. The molecule has 1 heterocycles. The summed E-state index contributed by atoms with van der Waals surface area (Å²) < 4.78 is 39.9. The minimum Gasteiger partial charge on any atom is -0.304 e. The van der Waals surface area contributed by atoms with Crippen LogP contribution in [0, 0.1) is 0 Å². The molecule has 2 aromatic carbocycles. The molecular weight excluding hydrogens is 291 g/mol. The van der Waals surface area contributed by atoms with E-state index in [2.05, 4.69) is 0 Å². The molecule has 0 spiro atoms. The van der Waals surface area contributed by atoms with Crippen molar-refractivity contribution in [3.05, 3.63) is 64.7 Å². The monoisotopic (exact) mass is 305 g/mol. The van der Waals surface area contributed by atoms with Crippen LogP contribution >= 0.6 is 0 Å². The molecular formula is C17H14F3NO. The number of amides is 1. The summed E-state index contributed by atoms with van der Waals surface area (Å²) in [5.74, 6) is -0.373. The van der Waals surface area contributed by atoms with E-state index in [1.807, 2.05) is 0 Å². The maximum atomic E-state index is 13.3. The second-order valence-corrected chi connectivity index (χ2v) is 5.25. The largest absolute Gasteiger partial charge is 0.416 e. The molecule has 1 amide bonds. The predicted octanol–water partition coefficient (Wildman–Crippen LogP) is 4.43. The molecule has 0 radical (unpaired) electrons. The van der Waals surface area contributed by atoms with Crippen molar-refractivity contribution >= 4 is 11.6 Å². The van der Waals surface area contributed by atoms with Crippen LogP contribution < -0.4 is 4.90 Å². The number of benzene rings is 2. The highest BCUT2D eigenvalue weighted by Crippen LogP contribution is 2.39. The molecule has 0 aromatic heterocycles. The Labute approximate surface area is 126 Å². The second-order valence-electron chi connectivity index (χ2n) is 5.25. The average Bonchev–Trinajstić information content (AvgIpc) is 2.83. The van der Waals surface area contributed by atoms with Gasteiger partial charge in [-0.3, -0.25) is 4.79 Å². The number of carbonyl (C=O) groups excluding carboxylic acids is 1. The van der Waals surface area contributed by atoms with Gasteiger partial charge in [0, 0.05) is 11.3 Å². The SMILES string of the molecule is CCc1cc2c(c(C(F)(F)F)c1)CN(c1ccccc1)C2=O. The fourth-order valence-corrected chi connectivity index (χ4v) is 2.74. The van der Waals surface area contributed by atoms with Gasteiger partial charge in [0.05, 0.1) is 12.1 Å². The lowest BCUT2D eigenvalue weighted by molar-refractivity contribution is -0.138. The van der Waals surface area contributed by atoms with Gasteiger partial charge in [0.2, 0.25) is 0 Å². The van der Waals surface area contributed by atoms with E-state index in [9.17, 15) is 18.0 Å². The zero-order valence-electron chi connectivity index (χ0n) is 11.9. The molecule has 0 aliphatic carbocycles. The van der Waals surface area contributed by atoms with E-state index in [1.54, 1.807) is 43.3 Å². The van der Waals surface area contributed by atoms with E-state index in [1.165, 1.54) is 4.90 Å². The summed E-state index contributed by atoms with van der Waals surface area (Å²) >= 11 is 0. The molecule has 22 heavy (non-hydrogen) atoms. The van der Waals surface area contributed by atoms with Crippen LogP contribution in [0.15, 0.2) is 42.5 Å². The number of carbonyl (C=O) groups is 1. The molecule has 0 saturated heterocycles. The van der Waals surface area contributed by atoms with Gasteiger partial charge in [0.15, 0.2) is 0 Å². The van der Waals surface area contributed by atoms with E-state index in [0.29, 0.717) is 17.7 Å². The first-order valence-corrected chi connectivity index (χ1v) is 7.01. The molecule has 3 rings (SSSR count). The molecule has 1 aliphatic rings. The van der Waals surface area contributed by atoms with E-state index in [0.717, 1.165) is 6.07 Å². The highest BCUT2D eigenvalue weighted by atomic mass is 19.4. The Bertz CT molecular complexity index is 723. The van der Waals surface area contributed by atoms with E-state index in [4.69, 9.17) is 0 Å². The smallest absolute Gasteiger partial charge is 0.304 e. The van der Waals surface area contributed by atoms with Gasteiger partial charge in [-0.15, -0.1) is 0 Å². The van der Waals surface area contributed by atoms with E-state index >= 15 is 0 Å². The normalized spacial score (nSPS) is 14.4. The third-order valence-corrected chi connectivity index (χ3v) is 3.88. The number of alkyl halides is 3. The van der Waals surface area contributed by atoms with Crippen molar-refractivity contribution in [3.8, 4) is 0 Å². The Morgan fingerprint density at radius 3 is 2.41 bits per heavy atom. The van der Waals surface area contributed by atoms with Crippen molar-refractivity contribution in [2.75, 3.05) is 4.90 Å². The maximum absolute atomic E-state index is 13.3. The number of hydrogen-bond acceptors (Lipinski definition) is 1. The molecule has 0 N–H and O–H groups in total. The predicted molar refractivity (Wildman–Crippen MR) is 77.8 cm³/mol. The molecule has 0 bridgehead atoms. The summed E-state index contributed by atoms with van der Waals surface area (Å²) in [5.41, 5.74) is 0.659. The zero-order valence-corrected chi connectivity index (χ0v) is 11.9. The van der Waals surface area contributed by atoms with Gasteiger partial charge in [0.1, 0.15) is 0 Å². The van der Waals surface area contributed by atoms with Gasteiger partial charge in [-0.05, 0) is 41.8 Å². The summed E-state index contributed by atoms with van der Waals surface area (Å²) in [6, 6.07) is 11.5. The highest BCUT2D eigenvalue weighted by Gasteiger charge is 2.40. The first-order valence-electron chi connectivity index (χ1n) is 7.01. The lowest BCUT2D eigenvalue weighted by Gasteiger charge is -2.16. The molecule has 0 saturated carbocycles. The first-order chi connectivity index (χ1) is 10.4. The zero-order chi connectivity index (χ0) is 15.9. The molecule has 2 nitrogen and oxygen atoms in total. The van der Waals surface area contributed by atoms with Gasteiger partial charge < -0.3 is 4.90 Å². The number of aryl methyl sites for hydroxylation is 1. The quantitative estimate of drug-likeness (QED) is 0.804. The Balaban J connectivity index is 2.12. The van der Waals surface area contributed by atoms with Crippen LogP contribution in [0.1, 0.15) is 34.0 Å². The van der Waals surface area contributed by atoms with Crippen molar-refractivity contribution in [1.82, 2.24) is 0 Å². The summed E-state index contributed by atoms with van der Waals surface area (Å²) in [7, 11) is 0. The van der Waals surface area contributed by atoms with Crippen molar-refractivity contribution in [2.24, 2.45) is 0 Å². The fourth-order valence-electron chi connectivity index (χ4n) is 2.74. The number of nitrogens with zero attached hydrogens (tertiary/aromatic N) is 1. The van der Waals surface area contributed by atoms with Gasteiger partial charge in [-0.1, -0.05) is 25.1 Å². The highest BCUT2D eigenvalue weighted by molar-refractivity contribution is 6.10. The van der Waals surface area contributed by atoms with Gasteiger partial charge in [-0.2, -0.15) is 13.2 Å². The number of para-hydroxylation sites is 1. The maximum Gasteiger partial charge on any atom is 0.416 e. The van der Waals surface area contributed by atoms with Crippen LogP contribution in [-0.4, -0.2) is 5.91 Å². The summed E-state index contributed by atoms with van der Waals surface area (Å²) in [6.07, 6.45) is -4.00. The minimum atomic E-state index is -4.46. The van der Waals surface area contributed by atoms with Crippen molar-refractivity contribution in [2.45, 2.75) is 26.1 Å². The van der Waals surface area contributed by atoms with Crippen LogP contribution in [-0.2, 0) is 19.1 Å². The van der Waals surface area contributed by atoms with Crippen molar-refractivity contribution in [1.29, 1.82) is 0 Å². The minimum absolute atomic E-state index is 0.0446. The molecule has 2 aromatic rings. The van der Waals surface area contributed by atoms with E-state index < -0.39 is 11.7 Å². The van der Waals surface area contributed by atoms with Gasteiger partial charge in [0.25, 0.3) is 5.91 Å². The standard InChI is InChI=1S/C17H14F3NO/c1-2-11-8-13-14(15(9-11)17(18,19)20)10-21(16(13)22)12-6-4-3-5-7-12/h3-9H,2,10H2,1H3. The summed E-state index contributed by atoms with van der Waals surface area (Å²) in [6.45, 7) is 1.73. The van der Waals surface area contributed by atoms with Gasteiger partial charge in [-0.25, -0.2) is 0 Å². The Morgan fingerprint density at radius 1 is 1.14 bits per heavy atom. The third-order valence-electron chi connectivity index (χ3n) is 3.88. The molecule has 0 fully saturated rings.